The van der Waals surface area contributed by atoms with Gasteiger partial charge in [-0.25, -0.2) is 4.99 Å². The van der Waals surface area contributed by atoms with Crippen LogP contribution in [0.4, 0.5) is 0 Å². The minimum atomic E-state index is -0.110. The second kappa shape index (κ2) is 10.0. The number of hydrogen-bond acceptors (Lipinski definition) is 2. The minimum absolute atomic E-state index is 0. The fourth-order valence-electron chi connectivity index (χ4n) is 2.47. The molecule has 0 saturated carbocycles. The van der Waals surface area contributed by atoms with Gasteiger partial charge in [0, 0.05) is 36.8 Å². The molecule has 0 amide bonds. The van der Waals surface area contributed by atoms with E-state index in [9.17, 15) is 0 Å². The van der Waals surface area contributed by atoms with Crippen LogP contribution in [0.3, 0.4) is 0 Å². The molecule has 2 aromatic rings. The largest absolute Gasteiger partial charge is 0.357 e. The molecule has 25 heavy (non-hydrogen) atoms. The van der Waals surface area contributed by atoms with E-state index in [4.69, 9.17) is 11.6 Å². The number of aromatic nitrogens is 2. The molecule has 7 heteroatoms. The molecule has 5 nitrogen and oxygen atoms in total. The maximum Gasteiger partial charge on any atom is 0.191 e. The van der Waals surface area contributed by atoms with E-state index in [-0.39, 0.29) is 29.4 Å². The number of nitrogens with zero attached hydrogens (tertiary/aromatic N) is 3. The van der Waals surface area contributed by atoms with Crippen LogP contribution >= 0.6 is 35.6 Å². The summed E-state index contributed by atoms with van der Waals surface area (Å²) in [5.74, 6) is 0.791. The average Bonchev–Trinajstić information content (AvgIpc) is 2.95. The molecule has 0 radical (unpaired) electrons. The molecule has 0 aliphatic carbocycles. The van der Waals surface area contributed by atoms with Gasteiger partial charge in [-0.1, -0.05) is 43.6 Å². The third-order valence-corrected chi connectivity index (χ3v) is 4.30. The summed E-state index contributed by atoms with van der Waals surface area (Å²) in [6.07, 6.45) is 1.78. The van der Waals surface area contributed by atoms with Crippen LogP contribution in [0.1, 0.15) is 32.0 Å². The van der Waals surface area contributed by atoms with Crippen molar-refractivity contribution in [3.63, 3.8) is 0 Å². The first-order chi connectivity index (χ1) is 11.4. The Labute approximate surface area is 172 Å². The van der Waals surface area contributed by atoms with Gasteiger partial charge in [0.05, 0.1) is 12.2 Å². The number of guanidine groups is 1. The van der Waals surface area contributed by atoms with E-state index in [2.05, 4.69) is 47.6 Å². The van der Waals surface area contributed by atoms with Crippen LogP contribution < -0.4 is 10.6 Å². The van der Waals surface area contributed by atoms with Crippen LogP contribution in [0.2, 0.25) is 5.02 Å². The maximum absolute atomic E-state index is 6.35. The Morgan fingerprint density at radius 1 is 1.24 bits per heavy atom. The van der Waals surface area contributed by atoms with E-state index in [1.54, 1.807) is 6.20 Å². The van der Waals surface area contributed by atoms with E-state index < -0.39 is 0 Å². The van der Waals surface area contributed by atoms with Crippen LogP contribution in [-0.4, -0.2) is 28.8 Å². The van der Waals surface area contributed by atoms with Crippen molar-refractivity contribution in [2.45, 2.75) is 32.7 Å². The number of aliphatic imine (C=N–C) groups is 1. The van der Waals surface area contributed by atoms with Crippen molar-refractivity contribution in [1.29, 1.82) is 0 Å². The highest BCUT2D eigenvalue weighted by atomic mass is 127. The molecular formula is C18H27ClIN5. The lowest BCUT2D eigenvalue weighted by Crippen LogP contribution is -2.43. The Kier molecular flexibility index (Phi) is 8.71. The van der Waals surface area contributed by atoms with Crippen molar-refractivity contribution in [3.05, 3.63) is 52.8 Å². The number of nitrogens with one attached hydrogen (secondary N) is 2. The number of rotatable bonds is 6. The van der Waals surface area contributed by atoms with Crippen LogP contribution in [0.25, 0.3) is 0 Å². The van der Waals surface area contributed by atoms with E-state index in [0.717, 1.165) is 35.3 Å². The van der Waals surface area contributed by atoms with Crippen molar-refractivity contribution in [2.75, 3.05) is 13.1 Å². The standard InChI is InChI=1S/C18H26ClN5.HI/c1-5-20-17(21-12-14-10-11-23-24(14)4)22-13-18(2,3)15-8-6-7-9-16(15)19;/h6-11H,5,12-13H2,1-4H3,(H2,20,21,22);1H. The van der Waals surface area contributed by atoms with Gasteiger partial charge in [-0.2, -0.15) is 5.10 Å². The van der Waals surface area contributed by atoms with Crippen LogP contribution in [0.5, 0.6) is 0 Å². The summed E-state index contributed by atoms with van der Waals surface area (Å²) in [5, 5.41) is 11.7. The third kappa shape index (κ3) is 6.18. The Balaban J connectivity index is 0.00000312. The van der Waals surface area contributed by atoms with Crippen molar-refractivity contribution in [3.8, 4) is 0 Å². The molecule has 138 valence electrons. The number of hydrogen-bond donors (Lipinski definition) is 2. The Morgan fingerprint density at radius 3 is 2.56 bits per heavy atom. The van der Waals surface area contributed by atoms with Crippen LogP contribution in [0, 0.1) is 0 Å². The number of aryl methyl sites for hydroxylation is 1. The van der Waals surface area contributed by atoms with E-state index in [1.807, 2.05) is 36.0 Å². The van der Waals surface area contributed by atoms with Gasteiger partial charge >= 0.3 is 0 Å². The highest BCUT2D eigenvalue weighted by Gasteiger charge is 2.23. The van der Waals surface area contributed by atoms with Gasteiger partial charge in [-0.15, -0.1) is 24.0 Å². The third-order valence-electron chi connectivity index (χ3n) is 3.97. The summed E-state index contributed by atoms with van der Waals surface area (Å²) in [6.45, 7) is 8.52. The first-order valence-corrected chi connectivity index (χ1v) is 8.56. The summed E-state index contributed by atoms with van der Waals surface area (Å²) < 4.78 is 1.83. The van der Waals surface area contributed by atoms with Crippen molar-refractivity contribution in [2.24, 2.45) is 12.0 Å². The second-order valence-electron chi connectivity index (χ2n) is 6.36. The first-order valence-electron chi connectivity index (χ1n) is 8.18. The van der Waals surface area contributed by atoms with E-state index >= 15 is 0 Å². The SMILES string of the molecule is CCNC(=NCc1ccnn1C)NCC(C)(C)c1ccccc1Cl.I. The minimum Gasteiger partial charge on any atom is -0.357 e. The quantitative estimate of drug-likeness (QED) is 0.380. The highest BCUT2D eigenvalue weighted by molar-refractivity contribution is 14.0. The molecule has 1 heterocycles. The molecule has 0 spiro atoms. The predicted molar refractivity (Wildman–Crippen MR) is 116 cm³/mol. The molecule has 1 aromatic carbocycles. The molecule has 0 unspecified atom stereocenters. The summed E-state index contributed by atoms with van der Waals surface area (Å²) in [4.78, 5) is 4.64. The zero-order valence-corrected chi connectivity index (χ0v) is 18.3. The molecule has 0 aliphatic rings. The second-order valence-corrected chi connectivity index (χ2v) is 6.77. The Bertz CT molecular complexity index is 696. The van der Waals surface area contributed by atoms with Crippen LogP contribution in [-0.2, 0) is 19.0 Å². The zero-order chi connectivity index (χ0) is 17.6. The summed E-state index contributed by atoms with van der Waals surface area (Å²) in [7, 11) is 1.92. The first kappa shape index (κ1) is 21.8. The van der Waals surface area contributed by atoms with Gasteiger partial charge in [-0.05, 0) is 24.6 Å². The lowest BCUT2D eigenvalue weighted by Gasteiger charge is -2.27. The van der Waals surface area contributed by atoms with E-state index in [0.29, 0.717) is 6.54 Å². The lowest BCUT2D eigenvalue weighted by molar-refractivity contribution is 0.508. The number of halogens is 2. The lowest BCUT2D eigenvalue weighted by atomic mass is 9.84. The molecule has 2 rings (SSSR count). The topological polar surface area (TPSA) is 54.2 Å². The number of benzene rings is 1. The zero-order valence-electron chi connectivity index (χ0n) is 15.2. The molecule has 0 saturated heterocycles. The summed E-state index contributed by atoms with van der Waals surface area (Å²) in [5.41, 5.74) is 2.08. The molecule has 0 fully saturated rings. The fraction of sp³-hybridized carbons (Fsp3) is 0.444. The summed E-state index contributed by atoms with van der Waals surface area (Å²) >= 11 is 6.35. The fourth-order valence-corrected chi connectivity index (χ4v) is 2.86. The maximum atomic E-state index is 6.35. The molecule has 0 atom stereocenters. The average molecular weight is 476 g/mol. The monoisotopic (exact) mass is 475 g/mol. The molecule has 2 N–H and O–H groups in total. The predicted octanol–water partition coefficient (Wildman–Crippen LogP) is 3.72. The van der Waals surface area contributed by atoms with Gasteiger partial charge in [0.1, 0.15) is 0 Å². The van der Waals surface area contributed by atoms with Gasteiger partial charge in [-0.3, -0.25) is 4.68 Å². The van der Waals surface area contributed by atoms with Crippen molar-refractivity contribution < 1.29 is 0 Å². The molecule has 0 aliphatic heterocycles. The molecule has 0 bridgehead atoms. The van der Waals surface area contributed by atoms with Gasteiger partial charge in [0.25, 0.3) is 0 Å². The van der Waals surface area contributed by atoms with Gasteiger partial charge < -0.3 is 10.6 Å². The Hall–Kier alpha value is -1.28. The van der Waals surface area contributed by atoms with Gasteiger partial charge in [0.2, 0.25) is 0 Å². The molecular weight excluding hydrogens is 449 g/mol. The smallest absolute Gasteiger partial charge is 0.191 e. The van der Waals surface area contributed by atoms with E-state index in [1.165, 1.54) is 0 Å². The molecule has 1 aromatic heterocycles. The summed E-state index contributed by atoms with van der Waals surface area (Å²) in [6, 6.07) is 9.95. The van der Waals surface area contributed by atoms with Crippen molar-refractivity contribution in [1.82, 2.24) is 20.4 Å². The van der Waals surface area contributed by atoms with Crippen molar-refractivity contribution >= 4 is 41.5 Å². The van der Waals surface area contributed by atoms with Crippen LogP contribution in [0.15, 0.2) is 41.5 Å². The van der Waals surface area contributed by atoms with Gasteiger partial charge in [0.15, 0.2) is 5.96 Å². The Morgan fingerprint density at radius 2 is 1.96 bits per heavy atom. The highest BCUT2D eigenvalue weighted by Crippen LogP contribution is 2.28. The normalized spacial score (nSPS) is 11.8.